The number of anilines is 2. The molecular formula is C22H21F3N6O2S2. The van der Waals surface area contributed by atoms with E-state index in [4.69, 9.17) is 4.74 Å². The molecule has 13 heteroatoms. The minimum atomic E-state index is -4.29. The van der Waals surface area contributed by atoms with Crippen LogP contribution in [0.15, 0.2) is 18.5 Å². The van der Waals surface area contributed by atoms with Gasteiger partial charge in [0.15, 0.2) is 0 Å². The molecule has 1 N–H and O–H groups in total. The Bertz CT molecular complexity index is 1400. The summed E-state index contributed by atoms with van der Waals surface area (Å²) in [6.45, 7) is -0.334. The minimum absolute atomic E-state index is 0.252. The molecule has 1 aromatic carbocycles. The fraction of sp³-hybridized carbons (Fsp3) is 0.409. The Morgan fingerprint density at radius 1 is 1.31 bits per heavy atom. The van der Waals surface area contributed by atoms with Crippen LogP contribution in [0, 0.1) is 5.92 Å². The number of methoxy groups -OCH3 is 1. The molecule has 1 atom stereocenters. The standard InChI is InChI=1S/C22H21F3N6O2S2/c1-31(6-5-22(23,24)25)21(32)11-3-4-12-16(7-11)34-20-18(12)19(26-10-27-20)28-13-9-17-14(29-30-35-17)8-15(13)33-2/h8-11H,3-7H2,1-2H3,(H,26,27,28)/t11-/m0/s1. The van der Waals surface area contributed by atoms with Gasteiger partial charge in [0.05, 0.1) is 29.3 Å². The van der Waals surface area contributed by atoms with Crippen molar-refractivity contribution < 1.29 is 22.7 Å². The van der Waals surface area contributed by atoms with Crippen LogP contribution < -0.4 is 10.1 Å². The van der Waals surface area contributed by atoms with Crippen LogP contribution in [0.2, 0.25) is 0 Å². The second-order valence-corrected chi connectivity index (χ2v) is 10.3. The van der Waals surface area contributed by atoms with E-state index in [0.29, 0.717) is 30.8 Å². The number of hydrogen-bond donors (Lipinski definition) is 1. The van der Waals surface area contributed by atoms with Crippen molar-refractivity contribution in [3.63, 3.8) is 0 Å². The van der Waals surface area contributed by atoms with Crippen LogP contribution in [0.4, 0.5) is 24.7 Å². The highest BCUT2D eigenvalue weighted by atomic mass is 32.1. The summed E-state index contributed by atoms with van der Waals surface area (Å²) < 4.78 is 48.1. The van der Waals surface area contributed by atoms with Gasteiger partial charge in [-0.15, -0.1) is 16.4 Å². The second kappa shape index (κ2) is 9.19. The molecule has 0 fully saturated rings. The monoisotopic (exact) mass is 522 g/mol. The first-order valence-corrected chi connectivity index (χ1v) is 12.5. The van der Waals surface area contributed by atoms with E-state index in [1.165, 1.54) is 41.1 Å². The van der Waals surface area contributed by atoms with Gasteiger partial charge in [-0.05, 0) is 42.4 Å². The average molecular weight is 523 g/mol. The number of amides is 1. The SMILES string of the molecule is COc1cc2nnsc2cc1Nc1ncnc2sc3c(c12)CC[C@H](C(=O)N(C)CCC(F)(F)F)C3. The van der Waals surface area contributed by atoms with Crippen LogP contribution in [-0.2, 0) is 17.6 Å². The molecule has 3 aromatic heterocycles. The van der Waals surface area contributed by atoms with Gasteiger partial charge in [0.1, 0.15) is 28.2 Å². The Morgan fingerprint density at radius 2 is 2.14 bits per heavy atom. The number of aryl methyl sites for hydroxylation is 1. The lowest BCUT2D eigenvalue weighted by atomic mass is 9.87. The summed E-state index contributed by atoms with van der Waals surface area (Å²) >= 11 is 2.78. The van der Waals surface area contributed by atoms with E-state index in [-0.39, 0.29) is 18.4 Å². The van der Waals surface area contributed by atoms with Crippen molar-refractivity contribution >= 4 is 60.7 Å². The summed E-state index contributed by atoms with van der Waals surface area (Å²) in [5.41, 5.74) is 2.55. The number of nitrogens with one attached hydrogen (secondary N) is 1. The van der Waals surface area contributed by atoms with E-state index in [9.17, 15) is 18.0 Å². The lowest BCUT2D eigenvalue weighted by molar-refractivity contribution is -0.146. The molecule has 8 nitrogen and oxygen atoms in total. The number of ether oxygens (including phenoxy) is 1. The lowest BCUT2D eigenvalue weighted by Crippen LogP contribution is -2.37. The first-order valence-electron chi connectivity index (χ1n) is 10.9. The number of hydrogen-bond acceptors (Lipinski definition) is 9. The molecule has 0 saturated carbocycles. The largest absolute Gasteiger partial charge is 0.494 e. The van der Waals surface area contributed by atoms with Gasteiger partial charge in [0.25, 0.3) is 0 Å². The third-order valence-corrected chi connectivity index (χ3v) is 7.97. The fourth-order valence-corrected chi connectivity index (χ4v) is 6.18. The van der Waals surface area contributed by atoms with Gasteiger partial charge < -0.3 is 15.0 Å². The van der Waals surface area contributed by atoms with Crippen molar-refractivity contribution in [2.75, 3.05) is 26.0 Å². The van der Waals surface area contributed by atoms with E-state index >= 15 is 0 Å². The van der Waals surface area contributed by atoms with E-state index < -0.39 is 12.6 Å². The zero-order valence-electron chi connectivity index (χ0n) is 18.8. The van der Waals surface area contributed by atoms with Crippen molar-refractivity contribution in [1.82, 2.24) is 24.5 Å². The Morgan fingerprint density at radius 3 is 2.91 bits per heavy atom. The van der Waals surface area contributed by atoms with Gasteiger partial charge >= 0.3 is 6.18 Å². The summed E-state index contributed by atoms with van der Waals surface area (Å²) in [5, 5.41) is 8.35. The van der Waals surface area contributed by atoms with E-state index in [0.717, 1.165) is 36.6 Å². The van der Waals surface area contributed by atoms with Crippen molar-refractivity contribution in [2.45, 2.75) is 31.9 Å². The highest BCUT2D eigenvalue weighted by Gasteiger charge is 2.33. The number of nitrogens with zero attached hydrogens (tertiary/aromatic N) is 5. The van der Waals surface area contributed by atoms with Crippen LogP contribution in [0.5, 0.6) is 5.75 Å². The minimum Gasteiger partial charge on any atom is -0.494 e. The third-order valence-electron chi connectivity index (χ3n) is 6.12. The average Bonchev–Trinajstić information content (AvgIpc) is 3.44. The number of aromatic nitrogens is 4. The van der Waals surface area contributed by atoms with Gasteiger partial charge in [-0.1, -0.05) is 4.49 Å². The van der Waals surface area contributed by atoms with Gasteiger partial charge in [-0.25, -0.2) is 9.97 Å². The molecule has 3 heterocycles. The number of halogens is 3. The quantitative estimate of drug-likeness (QED) is 0.382. The Kier molecular flexibility index (Phi) is 6.21. The maximum atomic E-state index is 12.8. The van der Waals surface area contributed by atoms with E-state index in [1.807, 2.05) is 12.1 Å². The van der Waals surface area contributed by atoms with Gasteiger partial charge in [-0.2, -0.15) is 13.2 Å². The van der Waals surface area contributed by atoms with Crippen molar-refractivity contribution in [2.24, 2.45) is 5.92 Å². The van der Waals surface area contributed by atoms with Crippen LogP contribution in [0.1, 0.15) is 23.3 Å². The van der Waals surface area contributed by atoms with Crippen molar-refractivity contribution in [3.05, 3.63) is 28.9 Å². The second-order valence-electron chi connectivity index (χ2n) is 8.39. The molecule has 0 spiro atoms. The van der Waals surface area contributed by atoms with Gasteiger partial charge in [0.2, 0.25) is 5.91 Å². The van der Waals surface area contributed by atoms with Crippen LogP contribution >= 0.6 is 22.9 Å². The molecular weight excluding hydrogens is 501 g/mol. The number of carbonyl (C=O) groups excluding carboxylic acids is 1. The predicted molar refractivity (Wildman–Crippen MR) is 128 cm³/mol. The molecule has 0 radical (unpaired) electrons. The maximum absolute atomic E-state index is 12.8. The first kappa shape index (κ1) is 23.7. The third kappa shape index (κ3) is 4.74. The predicted octanol–water partition coefficient (Wildman–Crippen LogP) is 4.96. The molecule has 1 aliphatic carbocycles. The van der Waals surface area contributed by atoms with E-state index in [2.05, 4.69) is 24.9 Å². The Hall–Kier alpha value is -3.06. The molecule has 0 saturated heterocycles. The number of thiophene rings is 1. The number of rotatable bonds is 6. The molecule has 184 valence electrons. The fourth-order valence-electron chi connectivity index (χ4n) is 4.34. The molecule has 1 amide bonds. The molecule has 0 aliphatic heterocycles. The molecule has 1 aliphatic rings. The summed E-state index contributed by atoms with van der Waals surface area (Å²) in [6, 6.07) is 3.73. The summed E-state index contributed by atoms with van der Waals surface area (Å²) in [7, 11) is 3.02. The number of benzene rings is 1. The maximum Gasteiger partial charge on any atom is 0.390 e. The summed E-state index contributed by atoms with van der Waals surface area (Å²) in [4.78, 5) is 24.7. The van der Waals surface area contributed by atoms with E-state index in [1.54, 1.807) is 7.11 Å². The van der Waals surface area contributed by atoms with Crippen molar-refractivity contribution in [3.8, 4) is 5.75 Å². The number of carbonyl (C=O) groups is 1. The number of alkyl halides is 3. The summed E-state index contributed by atoms with van der Waals surface area (Å²) in [5.74, 6) is 0.640. The zero-order chi connectivity index (χ0) is 24.7. The first-order chi connectivity index (χ1) is 16.7. The topological polar surface area (TPSA) is 93.1 Å². The zero-order valence-corrected chi connectivity index (χ0v) is 20.5. The van der Waals surface area contributed by atoms with Crippen LogP contribution in [-0.4, -0.2) is 57.2 Å². The lowest BCUT2D eigenvalue weighted by Gasteiger charge is -2.27. The van der Waals surface area contributed by atoms with Crippen LogP contribution in [0.25, 0.3) is 20.4 Å². The molecule has 4 aromatic rings. The molecule has 5 rings (SSSR count). The Balaban J connectivity index is 1.41. The van der Waals surface area contributed by atoms with Gasteiger partial charge in [0, 0.05) is 30.5 Å². The smallest absolute Gasteiger partial charge is 0.390 e. The number of fused-ring (bicyclic) bond motifs is 4. The van der Waals surface area contributed by atoms with Gasteiger partial charge in [-0.3, -0.25) is 4.79 Å². The molecule has 0 unspecified atom stereocenters. The highest BCUT2D eigenvalue weighted by Crippen LogP contribution is 2.42. The summed E-state index contributed by atoms with van der Waals surface area (Å²) in [6.07, 6.45) is -2.15. The highest BCUT2D eigenvalue weighted by molar-refractivity contribution is 7.19. The molecule has 35 heavy (non-hydrogen) atoms. The normalized spacial score (nSPS) is 15.9. The van der Waals surface area contributed by atoms with Crippen LogP contribution in [0.3, 0.4) is 0 Å². The van der Waals surface area contributed by atoms with Crippen molar-refractivity contribution in [1.29, 1.82) is 0 Å². The Labute approximate surface area is 206 Å². The molecule has 0 bridgehead atoms.